The number of hydrogen-bond donors (Lipinski definition) is 0. The van der Waals surface area contributed by atoms with Crippen molar-refractivity contribution in [3.05, 3.63) is 53.1 Å². The zero-order chi connectivity index (χ0) is 21.5. The number of fused-ring (bicyclic) bond motifs is 1. The number of hydrogen-bond acceptors (Lipinski definition) is 6. The molecule has 8 heteroatoms. The normalized spacial score (nSPS) is 16.8. The molecule has 1 atom stereocenters. The molecule has 6 nitrogen and oxygen atoms in total. The topological polar surface area (TPSA) is 76.6 Å². The van der Waals surface area contributed by atoms with Crippen LogP contribution in [0.15, 0.2) is 41.3 Å². The van der Waals surface area contributed by atoms with E-state index in [0.29, 0.717) is 23.8 Å². The van der Waals surface area contributed by atoms with Gasteiger partial charge in [0.05, 0.1) is 27.8 Å². The first-order chi connectivity index (χ1) is 14.2. The van der Waals surface area contributed by atoms with E-state index in [-0.39, 0.29) is 16.9 Å². The summed E-state index contributed by atoms with van der Waals surface area (Å²) in [5, 5.41) is 0.597. The highest BCUT2D eigenvalue weighted by atomic mass is 32.2. The number of benzene rings is 2. The van der Waals surface area contributed by atoms with E-state index in [1.165, 1.54) is 29.0 Å². The molecule has 1 aromatic heterocycles. The van der Waals surface area contributed by atoms with Gasteiger partial charge in [0, 0.05) is 18.4 Å². The smallest absolute Gasteiger partial charge is 0.260 e. The SMILES string of the molecule is Cc1cc2nc(N(CC3CCCO3)C(=O)c3cccc(S(C)(=O)=O)c3)sc2cc1C. The van der Waals surface area contributed by atoms with Crippen molar-refractivity contribution in [1.82, 2.24) is 4.98 Å². The summed E-state index contributed by atoms with van der Waals surface area (Å²) in [4.78, 5) is 19.9. The van der Waals surface area contributed by atoms with Gasteiger partial charge in [-0.1, -0.05) is 17.4 Å². The van der Waals surface area contributed by atoms with Gasteiger partial charge >= 0.3 is 0 Å². The van der Waals surface area contributed by atoms with E-state index in [1.54, 1.807) is 17.0 Å². The lowest BCUT2D eigenvalue weighted by Gasteiger charge is -2.23. The van der Waals surface area contributed by atoms with Gasteiger partial charge in [-0.3, -0.25) is 9.69 Å². The number of aryl methyl sites for hydroxylation is 2. The third-order valence-corrected chi connectivity index (χ3v) is 7.54. The molecule has 1 aliphatic rings. The molecule has 0 radical (unpaired) electrons. The minimum Gasteiger partial charge on any atom is -0.376 e. The number of aromatic nitrogens is 1. The van der Waals surface area contributed by atoms with Crippen molar-refractivity contribution in [1.29, 1.82) is 0 Å². The van der Waals surface area contributed by atoms with Crippen LogP contribution in [-0.4, -0.2) is 44.8 Å². The van der Waals surface area contributed by atoms with Gasteiger partial charge in [0.15, 0.2) is 15.0 Å². The van der Waals surface area contributed by atoms with Gasteiger partial charge in [-0.05, 0) is 68.1 Å². The molecule has 0 bridgehead atoms. The van der Waals surface area contributed by atoms with Crippen molar-refractivity contribution in [2.45, 2.75) is 37.7 Å². The summed E-state index contributed by atoms with van der Waals surface area (Å²) < 4.78 is 30.7. The second-order valence-corrected chi connectivity index (χ2v) is 10.8. The summed E-state index contributed by atoms with van der Waals surface area (Å²) in [5.41, 5.74) is 3.50. The van der Waals surface area contributed by atoms with Gasteiger partial charge in [0.1, 0.15) is 0 Å². The minimum absolute atomic E-state index is 0.0532. The van der Waals surface area contributed by atoms with E-state index in [9.17, 15) is 13.2 Å². The van der Waals surface area contributed by atoms with E-state index in [2.05, 4.69) is 13.0 Å². The molecule has 0 aliphatic carbocycles. The molecule has 2 heterocycles. The average molecular weight is 445 g/mol. The van der Waals surface area contributed by atoms with Gasteiger partial charge in [-0.25, -0.2) is 13.4 Å². The molecule has 158 valence electrons. The van der Waals surface area contributed by atoms with Crippen molar-refractivity contribution in [2.75, 3.05) is 24.3 Å². The Bertz CT molecular complexity index is 1170. The molecule has 2 aromatic carbocycles. The van der Waals surface area contributed by atoms with E-state index in [0.717, 1.165) is 34.9 Å². The van der Waals surface area contributed by atoms with E-state index >= 15 is 0 Å². The Morgan fingerprint density at radius 1 is 1.23 bits per heavy atom. The molecule has 1 saturated heterocycles. The lowest BCUT2D eigenvalue weighted by atomic mass is 10.1. The molecule has 0 N–H and O–H groups in total. The predicted molar refractivity (Wildman–Crippen MR) is 119 cm³/mol. The fourth-order valence-electron chi connectivity index (χ4n) is 3.54. The molecule has 3 aromatic rings. The monoisotopic (exact) mass is 444 g/mol. The summed E-state index contributed by atoms with van der Waals surface area (Å²) in [6.07, 6.45) is 2.94. The Morgan fingerprint density at radius 3 is 2.70 bits per heavy atom. The number of rotatable bonds is 5. The third kappa shape index (κ3) is 4.26. The van der Waals surface area contributed by atoms with Crippen LogP contribution in [0.4, 0.5) is 5.13 Å². The molecular weight excluding hydrogens is 420 g/mol. The van der Waals surface area contributed by atoms with Crippen LogP contribution in [0.5, 0.6) is 0 Å². The Morgan fingerprint density at radius 2 is 2.00 bits per heavy atom. The molecule has 1 aliphatic heterocycles. The Labute approximate surface area is 180 Å². The first-order valence-electron chi connectivity index (χ1n) is 9.84. The fraction of sp³-hybridized carbons (Fsp3) is 0.364. The van der Waals surface area contributed by atoms with Crippen molar-refractivity contribution in [3.8, 4) is 0 Å². The minimum atomic E-state index is -3.41. The lowest BCUT2D eigenvalue weighted by Crippen LogP contribution is -2.37. The number of carbonyl (C=O) groups excluding carboxylic acids is 1. The van der Waals surface area contributed by atoms with Crippen LogP contribution < -0.4 is 4.90 Å². The van der Waals surface area contributed by atoms with Crippen LogP contribution >= 0.6 is 11.3 Å². The van der Waals surface area contributed by atoms with Crippen LogP contribution in [0.2, 0.25) is 0 Å². The first kappa shape index (κ1) is 21.0. The number of thiazole rings is 1. The zero-order valence-electron chi connectivity index (χ0n) is 17.2. The van der Waals surface area contributed by atoms with E-state index in [4.69, 9.17) is 9.72 Å². The number of amides is 1. The van der Waals surface area contributed by atoms with Gasteiger partial charge in [0.2, 0.25) is 0 Å². The Balaban J connectivity index is 1.75. The molecule has 1 unspecified atom stereocenters. The summed E-state index contributed by atoms with van der Waals surface area (Å²) >= 11 is 1.46. The second-order valence-electron chi connectivity index (χ2n) is 7.75. The van der Waals surface area contributed by atoms with Gasteiger partial charge in [-0.2, -0.15) is 0 Å². The van der Waals surface area contributed by atoms with Crippen molar-refractivity contribution < 1.29 is 17.9 Å². The molecule has 1 fully saturated rings. The van der Waals surface area contributed by atoms with Crippen molar-refractivity contribution in [2.24, 2.45) is 0 Å². The maximum absolute atomic E-state index is 13.5. The Kier molecular flexibility index (Phi) is 5.65. The number of ether oxygens (including phenoxy) is 1. The summed E-state index contributed by atoms with van der Waals surface area (Å²) in [6, 6.07) is 10.3. The fourth-order valence-corrected chi connectivity index (χ4v) is 5.26. The van der Waals surface area contributed by atoms with E-state index in [1.807, 2.05) is 13.0 Å². The highest BCUT2D eigenvalue weighted by Gasteiger charge is 2.27. The third-order valence-electron chi connectivity index (χ3n) is 5.39. The number of anilines is 1. The highest BCUT2D eigenvalue weighted by molar-refractivity contribution is 7.90. The second kappa shape index (κ2) is 8.09. The first-order valence-corrected chi connectivity index (χ1v) is 12.5. The lowest BCUT2D eigenvalue weighted by molar-refractivity contribution is 0.0917. The number of sulfone groups is 1. The van der Waals surface area contributed by atoms with Gasteiger partial charge in [-0.15, -0.1) is 0 Å². The summed E-state index contributed by atoms with van der Waals surface area (Å²) in [5.74, 6) is -0.275. The maximum Gasteiger partial charge on any atom is 0.260 e. The van der Waals surface area contributed by atoms with Crippen LogP contribution in [0, 0.1) is 13.8 Å². The highest BCUT2D eigenvalue weighted by Crippen LogP contribution is 2.32. The molecule has 0 saturated carbocycles. The molecule has 4 rings (SSSR count). The number of carbonyl (C=O) groups is 1. The molecular formula is C22H24N2O4S2. The van der Waals surface area contributed by atoms with Crippen molar-refractivity contribution >= 4 is 42.4 Å². The largest absolute Gasteiger partial charge is 0.376 e. The van der Waals surface area contributed by atoms with Gasteiger partial charge < -0.3 is 4.74 Å². The predicted octanol–water partition coefficient (Wildman–Crippen LogP) is 4.14. The van der Waals surface area contributed by atoms with E-state index < -0.39 is 9.84 Å². The van der Waals surface area contributed by atoms with Crippen LogP contribution in [0.25, 0.3) is 10.2 Å². The van der Waals surface area contributed by atoms with Crippen LogP contribution in [0.1, 0.15) is 34.3 Å². The summed E-state index contributed by atoms with van der Waals surface area (Å²) in [6.45, 7) is 5.17. The zero-order valence-corrected chi connectivity index (χ0v) is 18.8. The number of nitrogens with zero attached hydrogens (tertiary/aromatic N) is 2. The molecule has 0 spiro atoms. The van der Waals surface area contributed by atoms with Crippen molar-refractivity contribution in [3.63, 3.8) is 0 Å². The summed E-state index contributed by atoms with van der Waals surface area (Å²) in [7, 11) is -3.41. The maximum atomic E-state index is 13.5. The van der Waals surface area contributed by atoms with Crippen LogP contribution in [0.3, 0.4) is 0 Å². The van der Waals surface area contributed by atoms with Gasteiger partial charge in [0.25, 0.3) is 5.91 Å². The van der Waals surface area contributed by atoms with Crippen LogP contribution in [-0.2, 0) is 14.6 Å². The Hall–Kier alpha value is -2.29. The average Bonchev–Trinajstić information content (AvgIpc) is 3.35. The molecule has 30 heavy (non-hydrogen) atoms. The molecule has 1 amide bonds. The standard InChI is InChI=1S/C22H24N2O4S2/c1-14-10-19-20(11-15(14)2)29-22(23-19)24(13-17-7-5-9-28-17)21(25)16-6-4-8-18(12-16)30(3,26)27/h4,6,8,10-12,17H,5,7,9,13H2,1-3H3. The quantitative estimate of drug-likeness (QED) is 0.591.